The summed E-state index contributed by atoms with van der Waals surface area (Å²) in [5.41, 5.74) is 2.46. The van der Waals surface area contributed by atoms with Gasteiger partial charge in [0, 0.05) is 25.0 Å². The van der Waals surface area contributed by atoms with Crippen LogP contribution < -0.4 is 10.9 Å². The first-order valence-corrected chi connectivity index (χ1v) is 7.10. The average Bonchev–Trinajstić information content (AvgIpc) is 2.88. The van der Waals surface area contributed by atoms with E-state index in [-0.39, 0.29) is 0 Å². The standard InChI is InChI=1S/C16H20N4/c17-19-12-10-16(9-8-14-5-4-11-18-13-14)20(19)15-6-2-1-3-7-15/h1-7,11,13,16H,8-10,12,17H2. The number of hydrazine groups is 2. The van der Waals surface area contributed by atoms with Crippen LogP contribution >= 0.6 is 0 Å². The maximum atomic E-state index is 6.12. The molecule has 1 fully saturated rings. The number of benzene rings is 1. The Bertz CT molecular complexity index is 529. The Morgan fingerprint density at radius 1 is 1.15 bits per heavy atom. The SMILES string of the molecule is NN1CCC(CCc2cccnc2)N1c1ccccc1. The van der Waals surface area contributed by atoms with Gasteiger partial charge in [-0.25, -0.2) is 0 Å². The minimum Gasteiger partial charge on any atom is -0.290 e. The predicted molar refractivity (Wildman–Crippen MR) is 80.8 cm³/mol. The summed E-state index contributed by atoms with van der Waals surface area (Å²) < 4.78 is 0. The van der Waals surface area contributed by atoms with Crippen LogP contribution in [0.1, 0.15) is 18.4 Å². The Morgan fingerprint density at radius 3 is 2.75 bits per heavy atom. The molecule has 0 saturated carbocycles. The van der Waals surface area contributed by atoms with Crippen LogP contribution in [0.15, 0.2) is 54.9 Å². The molecular weight excluding hydrogens is 248 g/mol. The molecule has 3 rings (SSSR count). The minimum absolute atomic E-state index is 0.461. The molecule has 104 valence electrons. The van der Waals surface area contributed by atoms with Gasteiger partial charge in [0.15, 0.2) is 0 Å². The van der Waals surface area contributed by atoms with Gasteiger partial charge < -0.3 is 0 Å². The van der Waals surface area contributed by atoms with Crippen molar-refractivity contribution >= 4 is 5.69 Å². The molecule has 0 spiro atoms. The molecule has 1 aromatic carbocycles. The van der Waals surface area contributed by atoms with Gasteiger partial charge in [-0.3, -0.25) is 15.8 Å². The molecule has 1 aliphatic rings. The van der Waals surface area contributed by atoms with Gasteiger partial charge in [-0.2, -0.15) is 5.12 Å². The molecule has 2 heterocycles. The van der Waals surface area contributed by atoms with Crippen molar-refractivity contribution in [2.24, 2.45) is 5.84 Å². The van der Waals surface area contributed by atoms with Crippen molar-refractivity contribution in [2.75, 3.05) is 11.6 Å². The predicted octanol–water partition coefficient (Wildman–Crippen LogP) is 2.38. The number of rotatable bonds is 4. The first kappa shape index (κ1) is 13.1. The van der Waals surface area contributed by atoms with E-state index in [2.05, 4.69) is 40.3 Å². The molecule has 1 atom stereocenters. The molecule has 0 radical (unpaired) electrons. The molecule has 0 amide bonds. The van der Waals surface area contributed by atoms with Crippen LogP contribution in [-0.2, 0) is 6.42 Å². The molecule has 0 aliphatic carbocycles. The van der Waals surface area contributed by atoms with E-state index in [1.54, 1.807) is 0 Å². The molecule has 1 unspecified atom stereocenters. The van der Waals surface area contributed by atoms with E-state index in [0.717, 1.165) is 25.8 Å². The molecule has 2 aromatic rings. The number of para-hydroxylation sites is 1. The number of pyridine rings is 1. The second kappa shape index (κ2) is 6.03. The van der Waals surface area contributed by atoms with E-state index in [0.29, 0.717) is 6.04 Å². The lowest BCUT2D eigenvalue weighted by molar-refractivity contribution is 0.309. The van der Waals surface area contributed by atoms with Gasteiger partial charge in [0.25, 0.3) is 0 Å². The summed E-state index contributed by atoms with van der Waals surface area (Å²) in [6, 6.07) is 15.0. The second-order valence-electron chi connectivity index (χ2n) is 5.19. The minimum atomic E-state index is 0.461. The number of anilines is 1. The fourth-order valence-corrected chi connectivity index (χ4v) is 2.81. The fourth-order valence-electron chi connectivity index (χ4n) is 2.81. The molecule has 1 aromatic heterocycles. The summed E-state index contributed by atoms with van der Waals surface area (Å²) in [5, 5.41) is 4.06. The van der Waals surface area contributed by atoms with E-state index in [9.17, 15) is 0 Å². The van der Waals surface area contributed by atoms with E-state index < -0.39 is 0 Å². The highest BCUT2D eigenvalue weighted by atomic mass is 15.8. The van der Waals surface area contributed by atoms with E-state index in [4.69, 9.17) is 5.84 Å². The summed E-state index contributed by atoms with van der Waals surface area (Å²) in [4.78, 5) is 4.17. The lowest BCUT2D eigenvalue weighted by atomic mass is 10.0. The van der Waals surface area contributed by atoms with Crippen molar-refractivity contribution in [3.05, 3.63) is 60.4 Å². The maximum Gasteiger partial charge on any atom is 0.0538 e. The van der Waals surface area contributed by atoms with Crippen LogP contribution in [0.25, 0.3) is 0 Å². The Morgan fingerprint density at radius 2 is 2.00 bits per heavy atom. The number of hydrogen-bond donors (Lipinski definition) is 1. The average molecular weight is 268 g/mol. The van der Waals surface area contributed by atoms with Gasteiger partial charge >= 0.3 is 0 Å². The van der Waals surface area contributed by atoms with Crippen LogP contribution in [0.4, 0.5) is 5.69 Å². The molecule has 2 N–H and O–H groups in total. The molecule has 20 heavy (non-hydrogen) atoms. The number of nitrogens with two attached hydrogens (primary N) is 1. The van der Waals surface area contributed by atoms with E-state index in [1.807, 2.05) is 29.6 Å². The van der Waals surface area contributed by atoms with Gasteiger partial charge in [-0.1, -0.05) is 24.3 Å². The van der Waals surface area contributed by atoms with Gasteiger partial charge in [0.1, 0.15) is 0 Å². The Labute approximate surface area is 119 Å². The maximum absolute atomic E-state index is 6.12. The number of nitrogens with zero attached hydrogens (tertiary/aromatic N) is 3. The monoisotopic (exact) mass is 268 g/mol. The number of aromatic nitrogens is 1. The van der Waals surface area contributed by atoms with E-state index >= 15 is 0 Å². The van der Waals surface area contributed by atoms with Crippen LogP contribution in [-0.4, -0.2) is 22.7 Å². The summed E-state index contributed by atoms with van der Waals surface area (Å²) in [6.45, 7) is 0.909. The molecule has 0 bridgehead atoms. The highest BCUT2D eigenvalue weighted by Gasteiger charge is 2.29. The van der Waals surface area contributed by atoms with Crippen molar-refractivity contribution in [2.45, 2.75) is 25.3 Å². The van der Waals surface area contributed by atoms with Gasteiger partial charge in [-0.05, 0) is 43.0 Å². The van der Waals surface area contributed by atoms with Crippen molar-refractivity contribution < 1.29 is 0 Å². The van der Waals surface area contributed by atoms with Crippen LogP contribution in [0.5, 0.6) is 0 Å². The highest BCUT2D eigenvalue weighted by molar-refractivity contribution is 5.46. The first-order valence-electron chi connectivity index (χ1n) is 7.10. The molecule has 4 nitrogen and oxygen atoms in total. The Kier molecular flexibility index (Phi) is 3.95. The lowest BCUT2D eigenvalue weighted by Crippen LogP contribution is -2.45. The normalized spacial score (nSPS) is 19.4. The van der Waals surface area contributed by atoms with Crippen LogP contribution in [0.2, 0.25) is 0 Å². The fraction of sp³-hybridized carbons (Fsp3) is 0.312. The quantitative estimate of drug-likeness (QED) is 0.865. The highest BCUT2D eigenvalue weighted by Crippen LogP contribution is 2.26. The summed E-state index contributed by atoms with van der Waals surface area (Å²) in [6.07, 6.45) is 6.99. The first-order chi connectivity index (χ1) is 9.84. The number of hydrogen-bond acceptors (Lipinski definition) is 4. The zero-order chi connectivity index (χ0) is 13.8. The molecule has 1 aliphatic heterocycles. The van der Waals surface area contributed by atoms with Crippen molar-refractivity contribution in [1.82, 2.24) is 10.1 Å². The Hall–Kier alpha value is -1.91. The molecular formula is C16H20N4. The summed E-state index contributed by atoms with van der Waals surface area (Å²) >= 11 is 0. The van der Waals surface area contributed by atoms with Crippen LogP contribution in [0, 0.1) is 0 Å². The third kappa shape index (κ3) is 2.81. The van der Waals surface area contributed by atoms with Gasteiger partial charge in [-0.15, -0.1) is 0 Å². The van der Waals surface area contributed by atoms with E-state index in [1.165, 1.54) is 11.3 Å². The Balaban J connectivity index is 1.69. The molecule has 1 saturated heterocycles. The number of aryl methyl sites for hydroxylation is 1. The second-order valence-corrected chi connectivity index (χ2v) is 5.19. The zero-order valence-electron chi connectivity index (χ0n) is 11.5. The van der Waals surface area contributed by atoms with Crippen molar-refractivity contribution in [3.63, 3.8) is 0 Å². The topological polar surface area (TPSA) is 45.4 Å². The molecule has 4 heteroatoms. The lowest BCUT2D eigenvalue weighted by Gasteiger charge is -2.31. The van der Waals surface area contributed by atoms with Crippen molar-refractivity contribution in [3.8, 4) is 0 Å². The zero-order valence-corrected chi connectivity index (χ0v) is 11.5. The van der Waals surface area contributed by atoms with Gasteiger partial charge in [0.05, 0.1) is 5.69 Å². The summed E-state index contributed by atoms with van der Waals surface area (Å²) in [7, 11) is 0. The third-order valence-corrected chi connectivity index (χ3v) is 3.82. The van der Waals surface area contributed by atoms with Crippen LogP contribution in [0.3, 0.4) is 0 Å². The van der Waals surface area contributed by atoms with Gasteiger partial charge in [0.2, 0.25) is 0 Å². The largest absolute Gasteiger partial charge is 0.290 e. The summed E-state index contributed by atoms with van der Waals surface area (Å²) in [5.74, 6) is 6.12. The smallest absolute Gasteiger partial charge is 0.0538 e. The van der Waals surface area contributed by atoms with Crippen molar-refractivity contribution in [1.29, 1.82) is 0 Å². The third-order valence-electron chi connectivity index (χ3n) is 3.82.